The monoisotopic (exact) mass is 580 g/mol. The van der Waals surface area contributed by atoms with Crippen LogP contribution in [0, 0.1) is 0 Å². The van der Waals surface area contributed by atoms with Crippen LogP contribution in [0.3, 0.4) is 0 Å². The first-order valence-electron chi connectivity index (χ1n) is 14.6. The number of benzene rings is 4. The predicted molar refractivity (Wildman–Crippen MR) is 183 cm³/mol. The van der Waals surface area contributed by atoms with Crippen molar-refractivity contribution in [1.29, 1.82) is 0 Å². The standard InChI is InChI=1S/C39H24N4S/c1-2-8-25(9-3-1)33-15-16-34-38(42-33)32-14-17-36-37(31-12-4-5-13-35(31)44-36)39(32)43(34)30-21-28(26-10-6-18-40-23-26)20-29(22-30)27-11-7-19-41-24-27/h1-24H. The van der Waals surface area contributed by atoms with Gasteiger partial charge in [-0.15, -0.1) is 11.3 Å². The molecule has 0 saturated heterocycles. The van der Waals surface area contributed by atoms with Gasteiger partial charge in [-0.05, 0) is 71.8 Å². The molecule has 0 aliphatic heterocycles. The van der Waals surface area contributed by atoms with E-state index in [9.17, 15) is 0 Å². The van der Waals surface area contributed by atoms with E-state index in [1.54, 1.807) is 0 Å². The average molecular weight is 581 g/mol. The van der Waals surface area contributed by atoms with Crippen LogP contribution in [0.1, 0.15) is 0 Å². The molecule has 0 bridgehead atoms. The van der Waals surface area contributed by atoms with Gasteiger partial charge in [0, 0.05) is 72.7 Å². The third-order valence-electron chi connectivity index (χ3n) is 8.34. The molecule has 0 saturated carbocycles. The quantitative estimate of drug-likeness (QED) is 0.208. The molecule has 4 nitrogen and oxygen atoms in total. The zero-order chi connectivity index (χ0) is 29.0. The molecule has 0 fully saturated rings. The van der Waals surface area contributed by atoms with Gasteiger partial charge in [-0.2, -0.15) is 0 Å². The van der Waals surface area contributed by atoms with Crippen LogP contribution in [0.2, 0.25) is 0 Å². The summed E-state index contributed by atoms with van der Waals surface area (Å²) in [6.45, 7) is 0. The molecule has 9 aromatic rings. The highest BCUT2D eigenvalue weighted by Crippen LogP contribution is 2.43. The maximum absolute atomic E-state index is 5.31. The third-order valence-corrected chi connectivity index (χ3v) is 9.48. The van der Waals surface area contributed by atoms with E-state index in [-0.39, 0.29) is 0 Å². The summed E-state index contributed by atoms with van der Waals surface area (Å²) in [5, 5.41) is 3.67. The molecule has 5 aromatic heterocycles. The van der Waals surface area contributed by atoms with Gasteiger partial charge in [-0.3, -0.25) is 9.97 Å². The van der Waals surface area contributed by atoms with Crippen LogP contribution in [0.15, 0.2) is 146 Å². The first-order valence-corrected chi connectivity index (χ1v) is 15.4. The molecule has 0 spiro atoms. The number of fused-ring (bicyclic) bond motifs is 7. The largest absolute Gasteiger partial charge is 0.307 e. The second-order valence-electron chi connectivity index (χ2n) is 11.0. The first-order chi connectivity index (χ1) is 21.8. The fourth-order valence-electron chi connectivity index (χ4n) is 6.35. The van der Waals surface area contributed by atoms with Crippen LogP contribution < -0.4 is 0 Å². The molecule has 4 aromatic carbocycles. The molecular formula is C39H24N4S. The van der Waals surface area contributed by atoms with Crippen molar-refractivity contribution in [2.45, 2.75) is 0 Å². The van der Waals surface area contributed by atoms with E-state index in [1.165, 1.54) is 25.7 Å². The normalized spacial score (nSPS) is 11.6. The fourth-order valence-corrected chi connectivity index (χ4v) is 7.46. The van der Waals surface area contributed by atoms with Gasteiger partial charge in [0.2, 0.25) is 0 Å². The maximum Gasteiger partial charge on any atom is 0.0971 e. The Balaban J connectivity index is 1.43. The Morgan fingerprint density at radius 2 is 1.23 bits per heavy atom. The molecular weight excluding hydrogens is 557 g/mol. The summed E-state index contributed by atoms with van der Waals surface area (Å²) in [5.41, 5.74) is 10.7. The average Bonchev–Trinajstić information content (AvgIpc) is 3.64. The number of nitrogens with zero attached hydrogens (tertiary/aromatic N) is 4. The van der Waals surface area contributed by atoms with Crippen molar-refractivity contribution >= 4 is 53.4 Å². The van der Waals surface area contributed by atoms with Crippen molar-refractivity contribution in [3.05, 3.63) is 146 Å². The molecule has 0 amide bonds. The summed E-state index contributed by atoms with van der Waals surface area (Å²) < 4.78 is 4.96. The summed E-state index contributed by atoms with van der Waals surface area (Å²) in [7, 11) is 0. The van der Waals surface area contributed by atoms with Crippen molar-refractivity contribution in [2.24, 2.45) is 0 Å². The number of pyridine rings is 3. The van der Waals surface area contributed by atoms with Crippen LogP contribution >= 0.6 is 11.3 Å². The smallest absolute Gasteiger partial charge is 0.0971 e. The van der Waals surface area contributed by atoms with Crippen LogP contribution in [0.5, 0.6) is 0 Å². The van der Waals surface area contributed by atoms with E-state index in [0.29, 0.717) is 0 Å². The van der Waals surface area contributed by atoms with Gasteiger partial charge in [0.15, 0.2) is 0 Å². The molecule has 0 aliphatic rings. The molecule has 9 rings (SSSR count). The zero-order valence-corrected chi connectivity index (χ0v) is 24.4. The Morgan fingerprint density at radius 1 is 0.523 bits per heavy atom. The Bertz CT molecular complexity index is 2420. The van der Waals surface area contributed by atoms with E-state index >= 15 is 0 Å². The molecule has 0 atom stereocenters. The molecule has 0 radical (unpaired) electrons. The first kappa shape index (κ1) is 24.9. The summed E-state index contributed by atoms with van der Waals surface area (Å²) in [5.74, 6) is 0. The molecule has 206 valence electrons. The highest BCUT2D eigenvalue weighted by Gasteiger charge is 2.20. The summed E-state index contributed by atoms with van der Waals surface area (Å²) in [4.78, 5) is 14.2. The van der Waals surface area contributed by atoms with E-state index < -0.39 is 0 Å². The van der Waals surface area contributed by atoms with Crippen LogP contribution in [-0.2, 0) is 0 Å². The highest BCUT2D eigenvalue weighted by molar-refractivity contribution is 7.26. The molecule has 0 N–H and O–H groups in total. The van der Waals surface area contributed by atoms with Gasteiger partial charge < -0.3 is 4.57 Å². The topological polar surface area (TPSA) is 43.6 Å². The lowest BCUT2D eigenvalue weighted by atomic mass is 9.99. The molecule has 44 heavy (non-hydrogen) atoms. The number of hydrogen-bond acceptors (Lipinski definition) is 4. The Labute approximate surface area is 257 Å². The van der Waals surface area contributed by atoms with Crippen LogP contribution in [0.4, 0.5) is 0 Å². The Kier molecular flexibility index (Phi) is 5.64. The van der Waals surface area contributed by atoms with E-state index in [4.69, 9.17) is 4.98 Å². The summed E-state index contributed by atoms with van der Waals surface area (Å²) in [6, 6.07) is 43.0. The van der Waals surface area contributed by atoms with Crippen molar-refractivity contribution in [3.63, 3.8) is 0 Å². The van der Waals surface area contributed by atoms with Gasteiger partial charge in [0.1, 0.15) is 0 Å². The van der Waals surface area contributed by atoms with Crippen LogP contribution in [-0.4, -0.2) is 19.5 Å². The lowest BCUT2D eigenvalue weighted by Gasteiger charge is -2.14. The maximum atomic E-state index is 5.31. The fraction of sp³-hybridized carbons (Fsp3) is 0. The summed E-state index contributed by atoms with van der Waals surface area (Å²) >= 11 is 1.84. The van der Waals surface area contributed by atoms with Crippen molar-refractivity contribution in [1.82, 2.24) is 19.5 Å². The number of aromatic nitrogens is 4. The number of rotatable bonds is 4. The predicted octanol–water partition coefficient (Wildman–Crippen LogP) is 10.3. The molecule has 5 heterocycles. The zero-order valence-electron chi connectivity index (χ0n) is 23.6. The third kappa shape index (κ3) is 3.94. The van der Waals surface area contributed by atoms with Crippen LogP contribution in [0.25, 0.3) is 81.3 Å². The second kappa shape index (κ2) is 9.97. The minimum Gasteiger partial charge on any atom is -0.307 e. The van der Waals surface area contributed by atoms with Gasteiger partial charge >= 0.3 is 0 Å². The van der Waals surface area contributed by atoms with Gasteiger partial charge in [0.25, 0.3) is 0 Å². The Morgan fingerprint density at radius 3 is 1.95 bits per heavy atom. The number of hydrogen-bond donors (Lipinski definition) is 0. The molecule has 0 unspecified atom stereocenters. The minimum atomic E-state index is 0.965. The van der Waals surface area contributed by atoms with Gasteiger partial charge in [-0.25, -0.2) is 4.98 Å². The number of thiophene rings is 1. The highest BCUT2D eigenvalue weighted by atomic mass is 32.1. The molecule has 0 aliphatic carbocycles. The Hall–Kier alpha value is -5.65. The van der Waals surface area contributed by atoms with E-state index in [0.717, 1.165) is 55.6 Å². The van der Waals surface area contributed by atoms with Gasteiger partial charge in [-0.1, -0.05) is 60.7 Å². The summed E-state index contributed by atoms with van der Waals surface area (Å²) in [6.07, 6.45) is 7.49. The SMILES string of the molecule is c1ccc(-c2ccc3c(n2)c2ccc4sc5ccccc5c4c2n3-c2cc(-c3cccnc3)cc(-c3cccnc3)c2)cc1. The molecule has 5 heteroatoms. The second-order valence-corrected chi connectivity index (χ2v) is 12.0. The minimum absolute atomic E-state index is 0.965. The van der Waals surface area contributed by atoms with Crippen molar-refractivity contribution in [2.75, 3.05) is 0 Å². The van der Waals surface area contributed by atoms with Crippen molar-refractivity contribution in [3.8, 4) is 39.2 Å². The lowest BCUT2D eigenvalue weighted by molar-refractivity contribution is 1.18. The van der Waals surface area contributed by atoms with Crippen molar-refractivity contribution < 1.29 is 0 Å². The van der Waals surface area contributed by atoms with Gasteiger partial charge in [0.05, 0.1) is 22.2 Å². The van der Waals surface area contributed by atoms with E-state index in [2.05, 4.69) is 118 Å². The lowest BCUT2D eigenvalue weighted by Crippen LogP contribution is -1.97. The van der Waals surface area contributed by atoms with E-state index in [1.807, 2.05) is 54.3 Å².